The van der Waals surface area contributed by atoms with Crippen LogP contribution in [0, 0.1) is 0 Å². The van der Waals surface area contributed by atoms with Gasteiger partial charge in [-0.1, -0.05) is 27.7 Å². The molecule has 0 saturated heterocycles. The van der Waals surface area contributed by atoms with E-state index in [-0.39, 0.29) is 75.5 Å². The van der Waals surface area contributed by atoms with Gasteiger partial charge in [0.25, 0.3) is 0 Å². The topological polar surface area (TPSA) is 136 Å². The molecule has 3 N–H and O–H groups in total. The first-order valence-electron chi connectivity index (χ1n) is 12.0. The summed E-state index contributed by atoms with van der Waals surface area (Å²) in [5.41, 5.74) is 0. The number of nitrogens with zero attached hydrogens (tertiary/aromatic N) is 2. The lowest BCUT2D eigenvalue weighted by Gasteiger charge is -2.35. The summed E-state index contributed by atoms with van der Waals surface area (Å²) >= 11 is 0. The number of hydrogen-bond acceptors (Lipinski definition) is 5. The number of rotatable bonds is 20. The SMILES string of the molecule is CCCC(=O)NCCN(CCNC(=O)CCC)P(=O)(O)N(CCC(=O)CC)CCC(=O)CC. The maximum Gasteiger partial charge on any atom is 0.343 e. The van der Waals surface area contributed by atoms with Gasteiger partial charge in [-0.2, -0.15) is 0 Å². The number of carbonyl (C=O) groups is 4. The zero-order chi connectivity index (χ0) is 25.3. The summed E-state index contributed by atoms with van der Waals surface area (Å²) in [7, 11) is -4.14. The molecule has 0 aromatic rings. The van der Waals surface area contributed by atoms with Crippen LogP contribution in [0.4, 0.5) is 0 Å². The van der Waals surface area contributed by atoms with Crippen LogP contribution in [-0.2, 0) is 23.7 Å². The number of amides is 2. The first kappa shape index (κ1) is 31.4. The van der Waals surface area contributed by atoms with E-state index in [9.17, 15) is 28.6 Å². The Bertz CT molecular complexity index is 629. The van der Waals surface area contributed by atoms with E-state index in [0.29, 0.717) is 38.5 Å². The highest BCUT2D eigenvalue weighted by Crippen LogP contribution is 2.48. The van der Waals surface area contributed by atoms with Gasteiger partial charge in [0.15, 0.2) is 0 Å². The van der Waals surface area contributed by atoms with Crippen LogP contribution in [0.2, 0.25) is 0 Å². The summed E-state index contributed by atoms with van der Waals surface area (Å²) in [5, 5.41) is 5.47. The van der Waals surface area contributed by atoms with Crippen molar-refractivity contribution in [2.24, 2.45) is 0 Å². The van der Waals surface area contributed by atoms with Crippen molar-refractivity contribution in [1.82, 2.24) is 20.0 Å². The summed E-state index contributed by atoms with van der Waals surface area (Å²) in [4.78, 5) is 58.4. The molecule has 0 heterocycles. The lowest BCUT2D eigenvalue weighted by Crippen LogP contribution is -2.42. The summed E-state index contributed by atoms with van der Waals surface area (Å²) in [6, 6.07) is 0. The molecule has 2 amide bonds. The average Bonchev–Trinajstić information content (AvgIpc) is 2.77. The fourth-order valence-corrected chi connectivity index (χ4v) is 4.86. The van der Waals surface area contributed by atoms with Crippen molar-refractivity contribution in [3.8, 4) is 0 Å². The Hall–Kier alpha value is -1.61. The highest BCUT2D eigenvalue weighted by molar-refractivity contribution is 7.52. The number of nitrogens with one attached hydrogen (secondary N) is 2. The van der Waals surface area contributed by atoms with E-state index in [1.807, 2.05) is 13.8 Å². The number of ketones is 2. The summed E-state index contributed by atoms with van der Waals surface area (Å²) in [6.45, 7) is 7.87. The van der Waals surface area contributed by atoms with E-state index in [1.165, 1.54) is 9.34 Å². The Kier molecular flexibility index (Phi) is 16.9. The summed E-state index contributed by atoms with van der Waals surface area (Å²) in [6.07, 6.45) is 3.00. The van der Waals surface area contributed by atoms with Crippen LogP contribution in [0.15, 0.2) is 0 Å². The molecule has 0 fully saturated rings. The molecule has 0 radical (unpaired) electrons. The average molecular weight is 491 g/mol. The van der Waals surface area contributed by atoms with Gasteiger partial charge < -0.3 is 15.5 Å². The fourth-order valence-electron chi connectivity index (χ4n) is 3.06. The van der Waals surface area contributed by atoms with Gasteiger partial charge in [-0.15, -0.1) is 0 Å². The first-order chi connectivity index (χ1) is 15.6. The molecule has 0 aliphatic carbocycles. The zero-order valence-electron chi connectivity index (χ0n) is 20.7. The molecule has 192 valence electrons. The van der Waals surface area contributed by atoms with Crippen molar-refractivity contribution in [1.29, 1.82) is 0 Å². The third kappa shape index (κ3) is 13.6. The Morgan fingerprint density at radius 1 is 0.667 bits per heavy atom. The second-order valence-electron chi connectivity index (χ2n) is 7.90. The molecule has 0 bridgehead atoms. The Labute approximate surface area is 198 Å². The number of carbonyl (C=O) groups excluding carboxylic acids is 4. The van der Waals surface area contributed by atoms with Crippen molar-refractivity contribution in [3.05, 3.63) is 0 Å². The number of hydrogen-bond donors (Lipinski definition) is 3. The van der Waals surface area contributed by atoms with Gasteiger partial charge in [0.1, 0.15) is 11.6 Å². The fraction of sp³-hybridized carbons (Fsp3) is 0.818. The molecule has 33 heavy (non-hydrogen) atoms. The molecule has 0 aromatic carbocycles. The minimum Gasteiger partial charge on any atom is -0.355 e. The van der Waals surface area contributed by atoms with Gasteiger partial charge in [0.2, 0.25) is 11.8 Å². The van der Waals surface area contributed by atoms with E-state index >= 15 is 0 Å². The van der Waals surface area contributed by atoms with Crippen LogP contribution < -0.4 is 10.6 Å². The van der Waals surface area contributed by atoms with Crippen LogP contribution in [0.1, 0.15) is 79.1 Å². The molecule has 0 aromatic heterocycles. The Morgan fingerprint density at radius 2 is 1.03 bits per heavy atom. The highest BCUT2D eigenvalue weighted by Gasteiger charge is 2.35. The first-order valence-corrected chi connectivity index (χ1v) is 13.6. The van der Waals surface area contributed by atoms with Crippen molar-refractivity contribution in [3.63, 3.8) is 0 Å². The molecule has 0 spiro atoms. The van der Waals surface area contributed by atoms with E-state index in [0.717, 1.165) is 0 Å². The van der Waals surface area contributed by atoms with E-state index in [1.54, 1.807) is 13.8 Å². The monoisotopic (exact) mass is 490 g/mol. The summed E-state index contributed by atoms with van der Waals surface area (Å²) < 4.78 is 16.2. The normalized spacial score (nSPS) is 13.1. The molecule has 1 atom stereocenters. The molecule has 0 saturated carbocycles. The van der Waals surface area contributed by atoms with E-state index < -0.39 is 7.67 Å². The van der Waals surface area contributed by atoms with Crippen LogP contribution in [0.5, 0.6) is 0 Å². The maximum absolute atomic E-state index is 13.6. The van der Waals surface area contributed by atoms with Crippen LogP contribution in [0.3, 0.4) is 0 Å². The van der Waals surface area contributed by atoms with Crippen molar-refractivity contribution in [2.45, 2.75) is 79.1 Å². The van der Waals surface area contributed by atoms with Crippen LogP contribution in [-0.4, -0.2) is 76.9 Å². The Balaban J connectivity index is 5.46. The predicted molar refractivity (Wildman–Crippen MR) is 129 cm³/mol. The van der Waals surface area contributed by atoms with Gasteiger partial charge in [-0.25, -0.2) is 9.34 Å². The molecule has 0 aliphatic heterocycles. The van der Waals surface area contributed by atoms with E-state index in [4.69, 9.17) is 0 Å². The standard InChI is InChI=1S/C22H43N4O6P/c1-5-9-21(29)23-13-17-26(18-14-24-22(30)10-6-2)33(31,32)25(15-11-19(27)7-3)16-12-20(28)8-4/h5-18H2,1-4H3,(H,23,29)(H,24,30)(H,31,32). The molecule has 10 nitrogen and oxygen atoms in total. The highest BCUT2D eigenvalue weighted by atomic mass is 31.2. The van der Waals surface area contributed by atoms with Gasteiger partial charge >= 0.3 is 7.67 Å². The third-order valence-electron chi connectivity index (χ3n) is 5.16. The van der Waals surface area contributed by atoms with Gasteiger partial charge in [0, 0.05) is 77.8 Å². The minimum absolute atomic E-state index is 0.0352. The third-order valence-corrected chi connectivity index (χ3v) is 7.44. The predicted octanol–water partition coefficient (Wildman–Crippen LogP) is 2.26. The largest absolute Gasteiger partial charge is 0.355 e. The lowest BCUT2D eigenvalue weighted by molar-refractivity contribution is -0.121. The smallest absolute Gasteiger partial charge is 0.343 e. The quantitative estimate of drug-likeness (QED) is 0.221. The van der Waals surface area contributed by atoms with Gasteiger partial charge in [-0.05, 0) is 12.8 Å². The molecule has 0 aliphatic rings. The lowest BCUT2D eigenvalue weighted by atomic mass is 10.2. The summed E-state index contributed by atoms with van der Waals surface area (Å²) in [5.74, 6) is -0.347. The van der Waals surface area contributed by atoms with E-state index in [2.05, 4.69) is 10.6 Å². The van der Waals surface area contributed by atoms with Crippen LogP contribution in [0.25, 0.3) is 0 Å². The molecule has 11 heteroatoms. The van der Waals surface area contributed by atoms with Crippen molar-refractivity contribution < 1.29 is 28.6 Å². The van der Waals surface area contributed by atoms with Crippen LogP contribution >= 0.6 is 7.67 Å². The molecule has 1 unspecified atom stereocenters. The van der Waals surface area contributed by atoms with Gasteiger partial charge in [-0.3, -0.25) is 23.7 Å². The van der Waals surface area contributed by atoms with Gasteiger partial charge in [0.05, 0.1) is 0 Å². The second-order valence-corrected chi connectivity index (χ2v) is 10.1. The molecular weight excluding hydrogens is 447 g/mol. The maximum atomic E-state index is 13.6. The minimum atomic E-state index is -4.14. The van der Waals surface area contributed by atoms with Crippen molar-refractivity contribution >= 4 is 31.1 Å². The number of Topliss-reactive ketones (excluding diaryl/α,β-unsaturated/α-hetero) is 2. The molecule has 0 rings (SSSR count). The second kappa shape index (κ2) is 17.8. The van der Waals surface area contributed by atoms with Crippen molar-refractivity contribution in [2.75, 3.05) is 39.3 Å². The zero-order valence-corrected chi connectivity index (χ0v) is 21.6. The molecular formula is C22H43N4O6P. The Morgan fingerprint density at radius 3 is 1.36 bits per heavy atom.